The maximum atomic E-state index is 12.4. The van der Waals surface area contributed by atoms with Gasteiger partial charge >= 0.3 is 0 Å². The van der Waals surface area contributed by atoms with Gasteiger partial charge in [0.15, 0.2) is 5.82 Å². The Morgan fingerprint density at radius 2 is 2.12 bits per heavy atom. The molecule has 3 heterocycles. The van der Waals surface area contributed by atoms with Crippen LogP contribution < -0.4 is 5.32 Å². The minimum atomic E-state index is -3.68. The molecule has 3 rings (SSSR count). The predicted octanol–water partition coefficient (Wildman–Crippen LogP) is 1.59. The number of thiophene rings is 1. The van der Waals surface area contributed by atoms with Gasteiger partial charge in [0.05, 0.1) is 12.2 Å². The largest absolute Gasteiger partial charge is 0.322 e. The molecule has 25 heavy (non-hydrogen) atoms. The Balaban J connectivity index is 1.74. The molecule has 0 aliphatic carbocycles. The van der Waals surface area contributed by atoms with E-state index in [2.05, 4.69) is 15.4 Å². The molecule has 0 fully saturated rings. The van der Waals surface area contributed by atoms with E-state index in [0.717, 1.165) is 15.6 Å². The maximum absolute atomic E-state index is 12.4. The number of amides is 1. The number of sulfonamides is 1. The highest BCUT2D eigenvalue weighted by molar-refractivity contribution is 7.91. The third-order valence-corrected chi connectivity index (χ3v) is 6.48. The van der Waals surface area contributed by atoms with Crippen molar-refractivity contribution in [2.45, 2.75) is 4.21 Å². The highest BCUT2D eigenvalue weighted by Crippen LogP contribution is 2.20. The van der Waals surface area contributed by atoms with Gasteiger partial charge in [-0.05, 0) is 29.6 Å². The lowest BCUT2D eigenvalue weighted by atomic mass is 10.3. The van der Waals surface area contributed by atoms with Gasteiger partial charge < -0.3 is 5.32 Å². The molecule has 0 aliphatic rings. The van der Waals surface area contributed by atoms with Gasteiger partial charge in [-0.3, -0.25) is 4.79 Å². The third-order valence-electron chi connectivity index (χ3n) is 3.31. The number of hydrogen-bond acceptors (Lipinski definition) is 6. The molecule has 8 nitrogen and oxygen atoms in total. The first kappa shape index (κ1) is 17.3. The summed E-state index contributed by atoms with van der Waals surface area (Å²) in [6.07, 6.45) is 4.88. The van der Waals surface area contributed by atoms with Crippen LogP contribution in [0, 0.1) is 0 Å². The summed E-state index contributed by atoms with van der Waals surface area (Å²) in [5.41, 5.74) is 0.443. The molecule has 0 spiro atoms. The summed E-state index contributed by atoms with van der Waals surface area (Å²) < 4.78 is 27.5. The molecule has 0 aromatic carbocycles. The van der Waals surface area contributed by atoms with Crippen LogP contribution in [0.5, 0.6) is 0 Å². The van der Waals surface area contributed by atoms with Crippen molar-refractivity contribution in [1.82, 2.24) is 19.1 Å². The minimum absolute atomic E-state index is 0.196. The van der Waals surface area contributed by atoms with E-state index in [0.29, 0.717) is 11.5 Å². The fourth-order valence-electron chi connectivity index (χ4n) is 2.11. The van der Waals surface area contributed by atoms with Crippen molar-refractivity contribution in [1.29, 1.82) is 0 Å². The summed E-state index contributed by atoms with van der Waals surface area (Å²) in [4.78, 5) is 16.5. The first-order chi connectivity index (χ1) is 12.0. The molecule has 0 bridgehead atoms. The second-order valence-corrected chi connectivity index (χ2v) is 8.29. The van der Waals surface area contributed by atoms with Gasteiger partial charge in [0.1, 0.15) is 4.21 Å². The quantitative estimate of drug-likeness (QED) is 0.703. The van der Waals surface area contributed by atoms with Gasteiger partial charge in [0.25, 0.3) is 10.0 Å². The van der Waals surface area contributed by atoms with Crippen LogP contribution in [0.1, 0.15) is 0 Å². The van der Waals surface area contributed by atoms with Crippen LogP contribution in [0.15, 0.2) is 58.5 Å². The lowest BCUT2D eigenvalue weighted by Gasteiger charge is -2.16. The Labute approximate surface area is 148 Å². The Kier molecular flexibility index (Phi) is 4.93. The number of anilines is 1. The lowest BCUT2D eigenvalue weighted by molar-refractivity contribution is -0.116. The van der Waals surface area contributed by atoms with Gasteiger partial charge in [0.2, 0.25) is 5.91 Å². The van der Waals surface area contributed by atoms with Crippen molar-refractivity contribution in [2.75, 3.05) is 18.9 Å². The average molecular weight is 377 g/mol. The van der Waals surface area contributed by atoms with Crippen LogP contribution in [0.2, 0.25) is 0 Å². The molecule has 0 saturated heterocycles. The molecule has 0 unspecified atom stereocenters. The molecular weight excluding hydrogens is 362 g/mol. The highest BCUT2D eigenvalue weighted by atomic mass is 32.2. The van der Waals surface area contributed by atoms with Crippen molar-refractivity contribution in [3.8, 4) is 5.82 Å². The molecular formula is C15H15N5O3S2. The second kappa shape index (κ2) is 7.13. The first-order valence-corrected chi connectivity index (χ1v) is 9.55. The van der Waals surface area contributed by atoms with Crippen LogP contribution in [-0.2, 0) is 14.8 Å². The normalized spacial score (nSPS) is 11.6. The Bertz CT molecular complexity index is 953. The predicted molar refractivity (Wildman–Crippen MR) is 94.1 cm³/mol. The van der Waals surface area contributed by atoms with Crippen LogP contribution in [0.3, 0.4) is 0 Å². The molecule has 3 aromatic rings. The zero-order valence-corrected chi connectivity index (χ0v) is 14.9. The fourth-order valence-corrected chi connectivity index (χ4v) is 4.44. The summed E-state index contributed by atoms with van der Waals surface area (Å²) >= 11 is 1.11. The van der Waals surface area contributed by atoms with Gasteiger partial charge in [0, 0.05) is 25.6 Å². The van der Waals surface area contributed by atoms with Crippen molar-refractivity contribution in [3.05, 3.63) is 54.3 Å². The molecule has 0 saturated carbocycles. The van der Waals surface area contributed by atoms with Crippen LogP contribution in [0.4, 0.5) is 5.69 Å². The van der Waals surface area contributed by atoms with Crippen LogP contribution >= 0.6 is 11.3 Å². The Morgan fingerprint density at radius 1 is 1.28 bits per heavy atom. The number of hydrogen-bond donors (Lipinski definition) is 1. The summed E-state index contributed by atoms with van der Waals surface area (Å²) in [5, 5.41) is 8.44. The van der Waals surface area contributed by atoms with Gasteiger partial charge in [-0.2, -0.15) is 9.40 Å². The van der Waals surface area contributed by atoms with E-state index in [4.69, 9.17) is 0 Å². The fraction of sp³-hybridized carbons (Fsp3) is 0.133. The molecule has 1 amide bonds. The topological polar surface area (TPSA) is 97.2 Å². The van der Waals surface area contributed by atoms with Crippen molar-refractivity contribution < 1.29 is 13.2 Å². The molecule has 0 atom stereocenters. The molecule has 10 heteroatoms. The lowest BCUT2D eigenvalue weighted by Crippen LogP contribution is -2.34. The van der Waals surface area contributed by atoms with Crippen LogP contribution in [-0.4, -0.2) is 47.0 Å². The van der Waals surface area contributed by atoms with E-state index in [1.54, 1.807) is 48.2 Å². The number of aromatic nitrogens is 3. The standard InChI is InChI=1S/C15H15N5O3S2/c1-19(25(22,23)14-6-3-10-24-14)11-13(21)18-12-5-2-7-16-15(12)20-9-4-8-17-20/h2-10H,11H2,1H3,(H,18,21). The average Bonchev–Trinajstić information content (AvgIpc) is 3.29. The number of pyridine rings is 1. The van der Waals surface area contributed by atoms with E-state index < -0.39 is 15.9 Å². The van der Waals surface area contributed by atoms with Crippen molar-refractivity contribution in [3.63, 3.8) is 0 Å². The number of nitrogens with zero attached hydrogens (tertiary/aromatic N) is 4. The van der Waals surface area contributed by atoms with Crippen molar-refractivity contribution >= 4 is 33.0 Å². The Morgan fingerprint density at radius 3 is 2.80 bits per heavy atom. The molecule has 130 valence electrons. The van der Waals surface area contributed by atoms with Gasteiger partial charge in [-0.1, -0.05) is 6.07 Å². The van der Waals surface area contributed by atoms with Crippen molar-refractivity contribution in [2.24, 2.45) is 0 Å². The first-order valence-electron chi connectivity index (χ1n) is 7.23. The van der Waals surface area contributed by atoms with E-state index >= 15 is 0 Å². The van der Waals surface area contributed by atoms with E-state index in [1.807, 2.05) is 0 Å². The SMILES string of the molecule is CN(CC(=O)Nc1cccnc1-n1cccn1)S(=O)(=O)c1cccs1. The maximum Gasteiger partial charge on any atom is 0.252 e. The minimum Gasteiger partial charge on any atom is -0.322 e. The second-order valence-electron chi connectivity index (χ2n) is 5.07. The van der Waals surface area contributed by atoms with Crippen LogP contribution in [0.25, 0.3) is 5.82 Å². The summed E-state index contributed by atoms with van der Waals surface area (Å²) in [6, 6.07) is 8.24. The van der Waals surface area contributed by atoms with Gasteiger partial charge in [-0.15, -0.1) is 11.3 Å². The van der Waals surface area contributed by atoms with E-state index in [9.17, 15) is 13.2 Å². The van der Waals surface area contributed by atoms with Gasteiger partial charge in [-0.25, -0.2) is 18.1 Å². The molecule has 0 aliphatic heterocycles. The smallest absolute Gasteiger partial charge is 0.252 e. The molecule has 0 radical (unpaired) electrons. The highest BCUT2D eigenvalue weighted by Gasteiger charge is 2.24. The summed E-state index contributed by atoms with van der Waals surface area (Å²) in [7, 11) is -2.31. The van der Waals surface area contributed by atoms with E-state index in [1.165, 1.54) is 17.8 Å². The number of rotatable bonds is 6. The monoisotopic (exact) mass is 377 g/mol. The zero-order valence-electron chi connectivity index (χ0n) is 13.2. The number of likely N-dealkylation sites (N-methyl/N-ethyl adjacent to an activating group) is 1. The zero-order chi connectivity index (χ0) is 17.9. The van der Waals surface area contributed by atoms with E-state index in [-0.39, 0.29) is 10.8 Å². The Hall–Kier alpha value is -2.56. The molecule has 1 N–H and O–H groups in total. The molecule has 3 aromatic heterocycles. The third kappa shape index (κ3) is 3.76. The summed E-state index contributed by atoms with van der Waals surface area (Å²) in [6.45, 7) is -0.312. The summed E-state index contributed by atoms with van der Waals surface area (Å²) in [5.74, 6) is -0.0198. The number of carbonyl (C=O) groups excluding carboxylic acids is 1. The number of carbonyl (C=O) groups is 1. The number of nitrogens with one attached hydrogen (secondary N) is 1.